The minimum absolute atomic E-state index is 0.197. The van der Waals surface area contributed by atoms with Crippen LogP contribution < -0.4 is 10.6 Å². The molecule has 1 amide bonds. The Morgan fingerprint density at radius 2 is 1.59 bits per heavy atom. The third-order valence-corrected chi connectivity index (χ3v) is 2.35. The molecular weight excluding hydrogens is 288 g/mol. The average Bonchev–Trinajstić information content (AvgIpc) is 2.33. The van der Waals surface area contributed by atoms with Crippen LogP contribution in [0.2, 0.25) is 0 Å². The largest absolute Gasteiger partial charge is 0.468 e. The Morgan fingerprint density at radius 1 is 1.00 bits per heavy atom. The third-order valence-electron chi connectivity index (χ3n) is 2.35. The Bertz CT molecular complexity index is 358. The summed E-state index contributed by atoms with van der Waals surface area (Å²) in [5, 5.41) is 5.60. The Morgan fingerprint density at radius 3 is 2.05 bits per heavy atom. The van der Waals surface area contributed by atoms with Crippen molar-refractivity contribution in [3.05, 3.63) is 0 Å². The van der Waals surface area contributed by atoms with Crippen molar-refractivity contribution in [2.24, 2.45) is 0 Å². The van der Waals surface area contributed by atoms with E-state index in [-0.39, 0.29) is 12.2 Å². The molecule has 0 radical (unpaired) electrons. The molecule has 22 heavy (non-hydrogen) atoms. The molecule has 0 aliphatic carbocycles. The summed E-state index contributed by atoms with van der Waals surface area (Å²) < 4.78 is 15.4. The summed E-state index contributed by atoms with van der Waals surface area (Å²) in [5.41, 5.74) is -0.880. The number of carbonyl (C=O) groups is 2. The number of rotatable bonds is 7. The van der Waals surface area contributed by atoms with E-state index in [1.807, 2.05) is 20.8 Å². The number of alkyl carbamates (subject to hydrolysis) is 1. The minimum Gasteiger partial charge on any atom is -0.468 e. The molecule has 0 aromatic carbocycles. The van der Waals surface area contributed by atoms with Crippen LogP contribution >= 0.6 is 0 Å². The Labute approximate surface area is 133 Å². The molecule has 0 heterocycles. The van der Waals surface area contributed by atoms with Crippen molar-refractivity contribution in [1.82, 2.24) is 10.6 Å². The molecule has 0 aliphatic rings. The number of ether oxygens (including phenoxy) is 3. The van der Waals surface area contributed by atoms with Gasteiger partial charge in [0.05, 0.1) is 19.3 Å². The first kappa shape index (κ1) is 20.7. The maximum Gasteiger partial charge on any atom is 0.407 e. The van der Waals surface area contributed by atoms with E-state index in [1.54, 1.807) is 20.8 Å². The molecule has 0 spiro atoms. The van der Waals surface area contributed by atoms with E-state index in [9.17, 15) is 9.59 Å². The van der Waals surface area contributed by atoms with Gasteiger partial charge in [-0.15, -0.1) is 0 Å². The lowest BCUT2D eigenvalue weighted by atomic mass is 10.2. The van der Waals surface area contributed by atoms with E-state index in [0.29, 0.717) is 13.1 Å². The highest BCUT2D eigenvalue weighted by molar-refractivity contribution is 5.75. The minimum atomic E-state index is -0.579. The first-order valence-corrected chi connectivity index (χ1v) is 7.36. The van der Waals surface area contributed by atoms with Crippen LogP contribution in [-0.4, -0.2) is 56.1 Å². The Balaban J connectivity index is 4.14. The van der Waals surface area contributed by atoms with Crippen LogP contribution in [0.15, 0.2) is 0 Å². The number of amides is 1. The van der Waals surface area contributed by atoms with Gasteiger partial charge in [0, 0.05) is 13.1 Å². The van der Waals surface area contributed by atoms with Crippen LogP contribution in [0.4, 0.5) is 4.79 Å². The number of esters is 1. The van der Waals surface area contributed by atoms with Gasteiger partial charge >= 0.3 is 12.1 Å². The van der Waals surface area contributed by atoms with Crippen molar-refractivity contribution < 1.29 is 23.8 Å². The lowest BCUT2D eigenvalue weighted by Crippen LogP contribution is -2.46. The molecule has 130 valence electrons. The number of nitrogens with one attached hydrogen (secondary N) is 2. The fraction of sp³-hybridized carbons (Fsp3) is 0.867. The summed E-state index contributed by atoms with van der Waals surface area (Å²) in [6.07, 6.45) is -0.491. The van der Waals surface area contributed by atoms with Crippen LogP contribution in [0.5, 0.6) is 0 Å². The van der Waals surface area contributed by atoms with E-state index in [1.165, 1.54) is 7.11 Å². The van der Waals surface area contributed by atoms with Crippen molar-refractivity contribution in [2.45, 2.75) is 58.8 Å². The lowest BCUT2D eigenvalue weighted by Gasteiger charge is -2.24. The van der Waals surface area contributed by atoms with E-state index in [0.717, 1.165) is 0 Å². The van der Waals surface area contributed by atoms with Gasteiger partial charge in [-0.05, 0) is 41.5 Å². The van der Waals surface area contributed by atoms with Gasteiger partial charge in [0.15, 0.2) is 0 Å². The van der Waals surface area contributed by atoms with Crippen molar-refractivity contribution in [2.75, 3.05) is 26.8 Å². The van der Waals surface area contributed by atoms with Gasteiger partial charge in [0.2, 0.25) is 0 Å². The number of methoxy groups -OCH3 is 1. The SMILES string of the molecule is COC(=O)[C@H](COC(C)(C)C)NCCNC(=O)OC(C)(C)C. The van der Waals surface area contributed by atoms with Gasteiger partial charge in [0.25, 0.3) is 0 Å². The Hall–Kier alpha value is -1.34. The summed E-state index contributed by atoms with van der Waals surface area (Å²) in [5.74, 6) is -0.401. The van der Waals surface area contributed by atoms with E-state index in [2.05, 4.69) is 10.6 Å². The maximum atomic E-state index is 11.7. The molecule has 1 atom stereocenters. The van der Waals surface area contributed by atoms with Gasteiger partial charge in [0.1, 0.15) is 11.6 Å². The van der Waals surface area contributed by atoms with Gasteiger partial charge in [-0.2, -0.15) is 0 Å². The second kappa shape index (κ2) is 8.95. The second-order valence-corrected chi connectivity index (χ2v) is 6.88. The third kappa shape index (κ3) is 11.3. The smallest absolute Gasteiger partial charge is 0.407 e. The second-order valence-electron chi connectivity index (χ2n) is 6.88. The summed E-state index contributed by atoms with van der Waals surface area (Å²) >= 11 is 0. The molecule has 0 aromatic heterocycles. The zero-order valence-electron chi connectivity index (χ0n) is 14.7. The normalized spacial score (nSPS) is 13.4. The molecule has 0 unspecified atom stereocenters. The highest BCUT2D eigenvalue weighted by Gasteiger charge is 2.22. The molecule has 0 aliphatic heterocycles. The molecule has 0 bridgehead atoms. The lowest BCUT2D eigenvalue weighted by molar-refractivity contribution is -0.146. The van der Waals surface area contributed by atoms with E-state index in [4.69, 9.17) is 14.2 Å². The maximum absolute atomic E-state index is 11.7. The van der Waals surface area contributed by atoms with Gasteiger partial charge < -0.3 is 24.8 Å². The molecule has 7 heteroatoms. The number of carbonyl (C=O) groups excluding carboxylic acids is 2. The summed E-state index contributed by atoms with van der Waals surface area (Å²) in [7, 11) is 1.33. The molecule has 2 N–H and O–H groups in total. The highest BCUT2D eigenvalue weighted by Crippen LogP contribution is 2.08. The monoisotopic (exact) mass is 318 g/mol. The summed E-state index contributed by atoms with van der Waals surface area (Å²) in [6, 6.07) is -0.579. The van der Waals surface area contributed by atoms with Gasteiger partial charge in [-0.1, -0.05) is 0 Å². The van der Waals surface area contributed by atoms with Crippen LogP contribution in [0.3, 0.4) is 0 Å². The van der Waals surface area contributed by atoms with E-state index >= 15 is 0 Å². The average molecular weight is 318 g/mol. The molecule has 0 aromatic rings. The molecule has 0 saturated heterocycles. The molecule has 0 fully saturated rings. The highest BCUT2D eigenvalue weighted by atomic mass is 16.6. The first-order valence-electron chi connectivity index (χ1n) is 7.36. The quantitative estimate of drug-likeness (QED) is 0.546. The van der Waals surface area contributed by atoms with Crippen molar-refractivity contribution in [3.63, 3.8) is 0 Å². The van der Waals surface area contributed by atoms with Crippen molar-refractivity contribution >= 4 is 12.1 Å². The first-order chi connectivity index (χ1) is 9.94. The predicted molar refractivity (Wildman–Crippen MR) is 83.7 cm³/mol. The molecule has 0 rings (SSSR count). The fourth-order valence-electron chi connectivity index (χ4n) is 1.41. The number of hydrogen-bond donors (Lipinski definition) is 2. The van der Waals surface area contributed by atoms with Crippen LogP contribution in [0, 0.1) is 0 Å². The molecule has 0 saturated carbocycles. The van der Waals surface area contributed by atoms with Crippen molar-refractivity contribution in [1.29, 1.82) is 0 Å². The van der Waals surface area contributed by atoms with Crippen LogP contribution in [0.25, 0.3) is 0 Å². The standard InChI is InChI=1S/C15H30N2O5/c1-14(2,3)21-10-11(12(18)20-7)16-8-9-17-13(19)22-15(4,5)6/h11,16H,8-10H2,1-7H3,(H,17,19)/t11-/m0/s1. The predicted octanol–water partition coefficient (Wildman–Crippen LogP) is 1.46. The topological polar surface area (TPSA) is 85.9 Å². The zero-order valence-corrected chi connectivity index (χ0v) is 14.7. The zero-order chi connectivity index (χ0) is 17.4. The molecule has 7 nitrogen and oxygen atoms in total. The summed E-state index contributed by atoms with van der Waals surface area (Å²) in [6.45, 7) is 12.0. The van der Waals surface area contributed by atoms with Crippen LogP contribution in [0.1, 0.15) is 41.5 Å². The van der Waals surface area contributed by atoms with Gasteiger partial charge in [-0.25, -0.2) is 4.79 Å². The van der Waals surface area contributed by atoms with E-state index < -0.39 is 23.7 Å². The fourth-order valence-corrected chi connectivity index (χ4v) is 1.41. The Kier molecular flexibility index (Phi) is 8.40. The number of hydrogen-bond acceptors (Lipinski definition) is 6. The van der Waals surface area contributed by atoms with Crippen molar-refractivity contribution in [3.8, 4) is 0 Å². The van der Waals surface area contributed by atoms with Gasteiger partial charge in [-0.3, -0.25) is 4.79 Å². The molecular formula is C15H30N2O5. The summed E-state index contributed by atoms with van der Waals surface area (Å²) in [4.78, 5) is 23.1. The van der Waals surface area contributed by atoms with Crippen LogP contribution in [-0.2, 0) is 19.0 Å².